The Morgan fingerprint density at radius 2 is 2.05 bits per heavy atom. The maximum Gasteiger partial charge on any atom is 0.260 e. The summed E-state index contributed by atoms with van der Waals surface area (Å²) < 4.78 is 5.69. The van der Waals surface area contributed by atoms with Crippen molar-refractivity contribution in [1.82, 2.24) is 15.2 Å². The molecular formula is C16H25N3O3. The molecule has 0 radical (unpaired) electrons. The van der Waals surface area contributed by atoms with Crippen LogP contribution in [0.2, 0.25) is 0 Å². The van der Waals surface area contributed by atoms with Crippen LogP contribution in [0.25, 0.3) is 0 Å². The highest BCUT2D eigenvalue weighted by Crippen LogP contribution is 2.10. The Hall–Kier alpha value is -1.66. The second-order valence-corrected chi connectivity index (χ2v) is 6.01. The standard InChI is InChI=1S/C16H25N3O3/c1-11-5-6-14(16(21)18-11)15(20)17-7-4-8-19-9-12(2)22-13(3)10-19/h5-6,12-13H,4,7-10H2,1-3H3,(H,17,20)(H,18,21)/t12-,13-/m0/s1. The van der Waals surface area contributed by atoms with Gasteiger partial charge in [-0.15, -0.1) is 0 Å². The summed E-state index contributed by atoms with van der Waals surface area (Å²) in [4.78, 5) is 28.6. The largest absolute Gasteiger partial charge is 0.373 e. The Balaban J connectivity index is 1.74. The van der Waals surface area contributed by atoms with Crippen LogP contribution in [0.4, 0.5) is 0 Å². The van der Waals surface area contributed by atoms with E-state index in [-0.39, 0.29) is 29.2 Å². The van der Waals surface area contributed by atoms with Gasteiger partial charge < -0.3 is 15.0 Å². The Labute approximate surface area is 130 Å². The summed E-state index contributed by atoms with van der Waals surface area (Å²) in [6.07, 6.45) is 1.36. The fourth-order valence-corrected chi connectivity index (χ4v) is 2.82. The zero-order valence-electron chi connectivity index (χ0n) is 13.5. The van der Waals surface area contributed by atoms with E-state index in [1.165, 1.54) is 0 Å². The summed E-state index contributed by atoms with van der Waals surface area (Å²) in [5, 5.41) is 2.80. The van der Waals surface area contributed by atoms with Crippen LogP contribution >= 0.6 is 0 Å². The fraction of sp³-hybridized carbons (Fsp3) is 0.625. The van der Waals surface area contributed by atoms with E-state index in [9.17, 15) is 9.59 Å². The molecular weight excluding hydrogens is 282 g/mol. The number of H-pyrrole nitrogens is 1. The predicted octanol–water partition coefficient (Wildman–Crippen LogP) is 0.912. The summed E-state index contributed by atoms with van der Waals surface area (Å²) in [5.41, 5.74) is 0.574. The Morgan fingerprint density at radius 3 is 2.68 bits per heavy atom. The topological polar surface area (TPSA) is 74.4 Å². The van der Waals surface area contributed by atoms with Crippen LogP contribution in [-0.4, -0.2) is 54.2 Å². The van der Waals surface area contributed by atoms with Crippen LogP contribution in [-0.2, 0) is 4.74 Å². The van der Waals surface area contributed by atoms with Crippen LogP contribution in [0, 0.1) is 6.92 Å². The van der Waals surface area contributed by atoms with Crippen LogP contribution in [0.5, 0.6) is 0 Å². The molecule has 2 N–H and O–H groups in total. The van der Waals surface area contributed by atoms with E-state index in [1.807, 2.05) is 0 Å². The molecule has 0 spiro atoms. The first-order valence-electron chi connectivity index (χ1n) is 7.81. The minimum absolute atomic E-state index is 0.166. The van der Waals surface area contributed by atoms with Crippen LogP contribution in [0.3, 0.4) is 0 Å². The second-order valence-electron chi connectivity index (χ2n) is 6.01. The van der Waals surface area contributed by atoms with Gasteiger partial charge in [0.2, 0.25) is 0 Å². The first-order valence-corrected chi connectivity index (χ1v) is 7.81. The summed E-state index contributed by atoms with van der Waals surface area (Å²) in [5.74, 6) is -0.315. The predicted molar refractivity (Wildman–Crippen MR) is 85.2 cm³/mol. The Morgan fingerprint density at radius 1 is 1.36 bits per heavy atom. The van der Waals surface area contributed by atoms with Gasteiger partial charge in [0.1, 0.15) is 5.56 Å². The van der Waals surface area contributed by atoms with E-state index in [0.717, 1.165) is 31.7 Å². The van der Waals surface area contributed by atoms with Crippen molar-refractivity contribution in [2.24, 2.45) is 0 Å². The number of aryl methyl sites for hydroxylation is 1. The molecule has 1 aromatic rings. The Bertz CT molecular complexity index is 560. The molecule has 1 aliphatic heterocycles. The smallest absolute Gasteiger partial charge is 0.260 e. The number of aromatic nitrogens is 1. The van der Waals surface area contributed by atoms with Crippen molar-refractivity contribution in [3.05, 3.63) is 33.7 Å². The number of pyridine rings is 1. The fourth-order valence-electron chi connectivity index (χ4n) is 2.82. The van der Waals surface area contributed by atoms with E-state index in [1.54, 1.807) is 19.1 Å². The number of nitrogens with one attached hydrogen (secondary N) is 2. The lowest BCUT2D eigenvalue weighted by Crippen LogP contribution is -2.46. The number of carbonyl (C=O) groups excluding carboxylic acids is 1. The first kappa shape index (κ1) is 16.7. The van der Waals surface area contributed by atoms with Crippen LogP contribution in [0.15, 0.2) is 16.9 Å². The van der Waals surface area contributed by atoms with Gasteiger partial charge in [0.15, 0.2) is 0 Å². The summed E-state index contributed by atoms with van der Waals surface area (Å²) in [7, 11) is 0. The average Bonchev–Trinajstić information content (AvgIpc) is 2.42. The molecule has 6 heteroatoms. The third kappa shape index (κ3) is 4.68. The number of carbonyl (C=O) groups is 1. The third-order valence-electron chi connectivity index (χ3n) is 3.73. The molecule has 1 aromatic heterocycles. The maximum absolute atomic E-state index is 12.0. The minimum Gasteiger partial charge on any atom is -0.373 e. The molecule has 2 rings (SSSR count). The average molecular weight is 307 g/mol. The van der Waals surface area contributed by atoms with Gasteiger partial charge in [0.25, 0.3) is 11.5 Å². The normalized spacial score (nSPS) is 22.5. The molecule has 1 aliphatic rings. The number of hydrogen-bond donors (Lipinski definition) is 2. The monoisotopic (exact) mass is 307 g/mol. The van der Waals surface area contributed by atoms with E-state index in [4.69, 9.17) is 4.74 Å². The summed E-state index contributed by atoms with van der Waals surface area (Å²) in [6, 6.07) is 3.29. The second kappa shape index (κ2) is 7.56. The van der Waals surface area contributed by atoms with Crippen molar-refractivity contribution in [1.29, 1.82) is 0 Å². The number of nitrogens with zero attached hydrogens (tertiary/aromatic N) is 1. The molecule has 0 aromatic carbocycles. The van der Waals surface area contributed by atoms with Gasteiger partial charge in [-0.3, -0.25) is 14.5 Å². The van der Waals surface area contributed by atoms with Crippen molar-refractivity contribution in [2.45, 2.75) is 39.4 Å². The molecule has 0 aliphatic carbocycles. The lowest BCUT2D eigenvalue weighted by atomic mass is 10.2. The van der Waals surface area contributed by atoms with Gasteiger partial charge >= 0.3 is 0 Å². The molecule has 6 nitrogen and oxygen atoms in total. The SMILES string of the molecule is Cc1ccc(C(=O)NCCCN2C[C@H](C)O[C@@H](C)C2)c(=O)[nH]1. The number of amides is 1. The highest BCUT2D eigenvalue weighted by atomic mass is 16.5. The first-order chi connectivity index (χ1) is 10.5. The molecule has 1 saturated heterocycles. The molecule has 22 heavy (non-hydrogen) atoms. The summed E-state index contributed by atoms with van der Waals surface area (Å²) >= 11 is 0. The van der Waals surface area contributed by atoms with Crippen molar-refractivity contribution in [3.63, 3.8) is 0 Å². The van der Waals surface area contributed by atoms with E-state index < -0.39 is 0 Å². The van der Waals surface area contributed by atoms with Gasteiger partial charge in [-0.05, 0) is 39.3 Å². The summed E-state index contributed by atoms with van der Waals surface area (Å²) in [6.45, 7) is 9.27. The van der Waals surface area contributed by atoms with E-state index >= 15 is 0 Å². The van der Waals surface area contributed by atoms with E-state index in [2.05, 4.69) is 29.0 Å². The molecule has 2 atom stereocenters. The van der Waals surface area contributed by atoms with E-state index in [0.29, 0.717) is 6.54 Å². The molecule has 0 bridgehead atoms. The van der Waals surface area contributed by atoms with Gasteiger partial charge in [-0.1, -0.05) is 0 Å². The van der Waals surface area contributed by atoms with Gasteiger partial charge in [-0.25, -0.2) is 0 Å². The van der Waals surface area contributed by atoms with Crippen molar-refractivity contribution >= 4 is 5.91 Å². The molecule has 0 saturated carbocycles. The van der Waals surface area contributed by atoms with Gasteiger partial charge in [0, 0.05) is 31.9 Å². The quantitative estimate of drug-likeness (QED) is 0.793. The van der Waals surface area contributed by atoms with Crippen LogP contribution in [0.1, 0.15) is 36.3 Å². The molecule has 2 heterocycles. The lowest BCUT2D eigenvalue weighted by Gasteiger charge is -2.35. The molecule has 1 amide bonds. The molecule has 122 valence electrons. The highest BCUT2D eigenvalue weighted by Gasteiger charge is 2.21. The number of rotatable bonds is 5. The number of hydrogen-bond acceptors (Lipinski definition) is 4. The van der Waals surface area contributed by atoms with Crippen molar-refractivity contribution in [2.75, 3.05) is 26.2 Å². The Kier molecular flexibility index (Phi) is 5.74. The van der Waals surface area contributed by atoms with Crippen molar-refractivity contribution < 1.29 is 9.53 Å². The lowest BCUT2D eigenvalue weighted by molar-refractivity contribution is -0.0679. The maximum atomic E-state index is 12.0. The zero-order valence-corrected chi connectivity index (χ0v) is 13.5. The highest BCUT2D eigenvalue weighted by molar-refractivity contribution is 5.93. The minimum atomic E-state index is -0.340. The van der Waals surface area contributed by atoms with Crippen LogP contribution < -0.4 is 10.9 Å². The third-order valence-corrected chi connectivity index (χ3v) is 3.73. The molecule has 1 fully saturated rings. The number of ether oxygens (including phenoxy) is 1. The van der Waals surface area contributed by atoms with Gasteiger partial charge in [0.05, 0.1) is 12.2 Å². The molecule has 0 unspecified atom stereocenters. The number of morpholine rings is 1. The number of aromatic amines is 1. The zero-order chi connectivity index (χ0) is 16.1. The van der Waals surface area contributed by atoms with Gasteiger partial charge in [-0.2, -0.15) is 0 Å². The van der Waals surface area contributed by atoms with Crippen molar-refractivity contribution in [3.8, 4) is 0 Å².